The van der Waals surface area contributed by atoms with Crippen LogP contribution in [0.3, 0.4) is 0 Å². The number of para-hydroxylation sites is 2. The van der Waals surface area contributed by atoms with Gasteiger partial charge in [-0.25, -0.2) is 4.98 Å². The lowest BCUT2D eigenvalue weighted by Gasteiger charge is -2.34. The molecule has 1 aliphatic heterocycles. The molecular weight excluding hydrogens is 224 g/mol. The van der Waals surface area contributed by atoms with E-state index in [-0.39, 0.29) is 0 Å². The van der Waals surface area contributed by atoms with Crippen LogP contribution in [0.25, 0.3) is 11.0 Å². The molecule has 2 heterocycles. The number of rotatable bonds is 1. The highest BCUT2D eigenvalue weighted by Gasteiger charge is 2.45. The Morgan fingerprint density at radius 1 is 1.17 bits per heavy atom. The summed E-state index contributed by atoms with van der Waals surface area (Å²) in [5.74, 6) is 1.02. The van der Waals surface area contributed by atoms with Gasteiger partial charge in [-0.15, -0.1) is 0 Å². The average molecular weight is 240 g/mol. The minimum absolute atomic E-state index is 0.381. The van der Waals surface area contributed by atoms with Gasteiger partial charge in [0, 0.05) is 25.2 Å². The van der Waals surface area contributed by atoms with E-state index >= 15 is 0 Å². The largest absolute Gasteiger partial charge is 0.352 e. The summed E-state index contributed by atoms with van der Waals surface area (Å²) in [6.45, 7) is 3.14. The van der Waals surface area contributed by atoms with Crippen molar-refractivity contribution >= 4 is 16.9 Å². The van der Waals surface area contributed by atoms with Crippen molar-refractivity contribution in [3.05, 3.63) is 30.5 Å². The Morgan fingerprint density at radius 2 is 2.00 bits per heavy atom. The molecule has 1 aliphatic carbocycles. The number of piperazine rings is 1. The number of nitrogens with zero attached hydrogens (tertiary/aromatic N) is 3. The van der Waals surface area contributed by atoms with Gasteiger partial charge in [0.25, 0.3) is 0 Å². The summed E-state index contributed by atoms with van der Waals surface area (Å²) in [7, 11) is 0. The molecule has 0 atom stereocenters. The molecule has 4 nitrogen and oxygen atoms in total. The van der Waals surface area contributed by atoms with Crippen molar-refractivity contribution in [3.63, 3.8) is 0 Å². The molecule has 2 fully saturated rings. The van der Waals surface area contributed by atoms with E-state index in [1.807, 2.05) is 30.5 Å². The van der Waals surface area contributed by atoms with E-state index in [1.54, 1.807) is 0 Å². The van der Waals surface area contributed by atoms with Gasteiger partial charge in [-0.05, 0) is 25.0 Å². The normalized spacial score (nSPS) is 21.4. The standard InChI is InChI=1S/C14H16N4/c1-2-4-12-11(3-1)15-9-13(17-12)18-8-7-16-14(10-18)5-6-14/h1-4,9,16H,5-8,10H2. The SMILES string of the molecule is c1ccc2nc(N3CCNC4(CC4)C3)cnc2c1. The molecule has 92 valence electrons. The number of aromatic nitrogens is 2. The van der Waals surface area contributed by atoms with Crippen LogP contribution in [0.2, 0.25) is 0 Å². The maximum absolute atomic E-state index is 4.73. The molecule has 1 saturated carbocycles. The molecule has 0 radical (unpaired) electrons. The quantitative estimate of drug-likeness (QED) is 0.821. The number of nitrogens with one attached hydrogen (secondary N) is 1. The number of fused-ring (bicyclic) bond motifs is 1. The summed E-state index contributed by atoms with van der Waals surface area (Å²) >= 11 is 0. The molecule has 1 aromatic carbocycles. The van der Waals surface area contributed by atoms with Crippen molar-refractivity contribution in [3.8, 4) is 0 Å². The van der Waals surface area contributed by atoms with Gasteiger partial charge in [0.1, 0.15) is 5.82 Å². The lowest BCUT2D eigenvalue weighted by atomic mass is 10.2. The van der Waals surface area contributed by atoms with Crippen LogP contribution < -0.4 is 10.2 Å². The first-order valence-electron chi connectivity index (χ1n) is 6.57. The van der Waals surface area contributed by atoms with Crippen molar-refractivity contribution < 1.29 is 0 Å². The van der Waals surface area contributed by atoms with Crippen LogP contribution >= 0.6 is 0 Å². The summed E-state index contributed by atoms with van der Waals surface area (Å²) in [5.41, 5.74) is 2.34. The molecule has 1 saturated heterocycles. The smallest absolute Gasteiger partial charge is 0.147 e. The zero-order valence-corrected chi connectivity index (χ0v) is 10.3. The summed E-state index contributed by atoms with van der Waals surface area (Å²) in [6, 6.07) is 8.05. The first-order valence-corrected chi connectivity index (χ1v) is 6.57. The first kappa shape index (κ1) is 10.3. The van der Waals surface area contributed by atoms with Crippen LogP contribution in [0.5, 0.6) is 0 Å². The third-order valence-corrected chi connectivity index (χ3v) is 3.99. The fraction of sp³-hybridized carbons (Fsp3) is 0.429. The van der Waals surface area contributed by atoms with Crippen molar-refractivity contribution in [2.24, 2.45) is 0 Å². The molecule has 4 rings (SSSR count). The molecule has 0 unspecified atom stereocenters. The fourth-order valence-corrected chi connectivity index (χ4v) is 2.74. The minimum atomic E-state index is 0.381. The maximum Gasteiger partial charge on any atom is 0.147 e. The van der Waals surface area contributed by atoms with Gasteiger partial charge in [0.05, 0.1) is 17.2 Å². The van der Waals surface area contributed by atoms with E-state index in [1.165, 1.54) is 12.8 Å². The Hall–Kier alpha value is -1.68. The monoisotopic (exact) mass is 240 g/mol. The highest BCUT2D eigenvalue weighted by Crippen LogP contribution is 2.38. The van der Waals surface area contributed by atoms with Crippen LogP contribution in [-0.2, 0) is 0 Å². The molecule has 2 aliphatic rings. The number of hydrogen-bond donors (Lipinski definition) is 1. The Balaban J connectivity index is 1.69. The van der Waals surface area contributed by atoms with Gasteiger partial charge in [-0.2, -0.15) is 0 Å². The molecule has 1 aromatic heterocycles. The van der Waals surface area contributed by atoms with Gasteiger partial charge in [0.15, 0.2) is 0 Å². The van der Waals surface area contributed by atoms with Crippen molar-refractivity contribution in [1.29, 1.82) is 0 Å². The Morgan fingerprint density at radius 3 is 2.83 bits per heavy atom. The van der Waals surface area contributed by atoms with E-state index < -0.39 is 0 Å². The number of benzene rings is 1. The van der Waals surface area contributed by atoms with Crippen molar-refractivity contribution in [1.82, 2.24) is 15.3 Å². The van der Waals surface area contributed by atoms with Gasteiger partial charge in [-0.3, -0.25) is 4.98 Å². The van der Waals surface area contributed by atoms with Gasteiger partial charge in [-0.1, -0.05) is 12.1 Å². The zero-order chi connectivity index (χ0) is 12.0. The summed E-state index contributed by atoms with van der Waals surface area (Å²) < 4.78 is 0. The van der Waals surface area contributed by atoms with E-state index in [9.17, 15) is 0 Å². The molecule has 4 heteroatoms. The molecular formula is C14H16N4. The molecule has 18 heavy (non-hydrogen) atoms. The second-order valence-corrected chi connectivity index (χ2v) is 5.35. The summed E-state index contributed by atoms with van der Waals surface area (Å²) in [6.07, 6.45) is 4.50. The van der Waals surface area contributed by atoms with Crippen LogP contribution in [0.4, 0.5) is 5.82 Å². The van der Waals surface area contributed by atoms with Gasteiger partial charge in [0.2, 0.25) is 0 Å². The lowest BCUT2D eigenvalue weighted by Crippen LogP contribution is -2.52. The van der Waals surface area contributed by atoms with Crippen LogP contribution in [0.15, 0.2) is 30.5 Å². The Kier molecular flexibility index (Phi) is 2.08. The van der Waals surface area contributed by atoms with Gasteiger partial charge < -0.3 is 10.2 Å². The predicted molar refractivity (Wildman–Crippen MR) is 71.7 cm³/mol. The topological polar surface area (TPSA) is 41.1 Å². The Labute approximate surface area is 106 Å². The first-order chi connectivity index (χ1) is 8.85. The maximum atomic E-state index is 4.73. The molecule has 2 aromatic rings. The molecule has 0 bridgehead atoms. The third-order valence-electron chi connectivity index (χ3n) is 3.99. The highest BCUT2D eigenvalue weighted by atomic mass is 15.3. The van der Waals surface area contributed by atoms with Gasteiger partial charge >= 0.3 is 0 Å². The molecule has 1 spiro atoms. The molecule has 0 amide bonds. The molecule has 1 N–H and O–H groups in total. The summed E-state index contributed by atoms with van der Waals surface area (Å²) in [4.78, 5) is 11.6. The fourth-order valence-electron chi connectivity index (χ4n) is 2.74. The van der Waals surface area contributed by atoms with Crippen LogP contribution in [-0.4, -0.2) is 35.1 Å². The van der Waals surface area contributed by atoms with E-state index in [4.69, 9.17) is 4.98 Å². The van der Waals surface area contributed by atoms with Crippen molar-refractivity contribution in [2.45, 2.75) is 18.4 Å². The number of hydrogen-bond acceptors (Lipinski definition) is 4. The third kappa shape index (κ3) is 1.64. The van der Waals surface area contributed by atoms with Crippen molar-refractivity contribution in [2.75, 3.05) is 24.5 Å². The minimum Gasteiger partial charge on any atom is -0.352 e. The number of anilines is 1. The van der Waals surface area contributed by atoms with Crippen LogP contribution in [0.1, 0.15) is 12.8 Å². The van der Waals surface area contributed by atoms with E-state index in [0.29, 0.717) is 5.54 Å². The summed E-state index contributed by atoms with van der Waals surface area (Å²) in [5, 5.41) is 3.62. The Bertz CT molecular complexity index is 591. The second kappa shape index (κ2) is 3.65. The lowest BCUT2D eigenvalue weighted by molar-refractivity contribution is 0.440. The second-order valence-electron chi connectivity index (χ2n) is 5.35. The highest BCUT2D eigenvalue weighted by molar-refractivity contribution is 5.75. The van der Waals surface area contributed by atoms with E-state index in [2.05, 4.69) is 15.2 Å². The predicted octanol–water partition coefficient (Wildman–Crippen LogP) is 1.57. The zero-order valence-electron chi connectivity index (χ0n) is 10.3. The average Bonchev–Trinajstić information content (AvgIpc) is 3.17. The van der Waals surface area contributed by atoms with E-state index in [0.717, 1.165) is 36.5 Å². The van der Waals surface area contributed by atoms with Crippen LogP contribution in [0, 0.1) is 0 Å².